The summed E-state index contributed by atoms with van der Waals surface area (Å²) in [5.74, 6) is 0. The number of piperazine rings is 1. The zero-order valence-electron chi connectivity index (χ0n) is 8.29. The van der Waals surface area contributed by atoms with Gasteiger partial charge in [0.25, 0.3) is 0 Å². The Bertz CT molecular complexity index is 297. The lowest BCUT2D eigenvalue weighted by atomic mass is 10.1. The highest BCUT2D eigenvalue weighted by molar-refractivity contribution is 7.98. The van der Waals surface area contributed by atoms with Crippen LogP contribution in [0.2, 0.25) is 0 Å². The van der Waals surface area contributed by atoms with Crippen molar-refractivity contribution in [3.8, 4) is 0 Å². The molecule has 76 valence electrons. The van der Waals surface area contributed by atoms with Gasteiger partial charge in [0, 0.05) is 37.4 Å². The average molecular weight is 209 g/mol. The highest BCUT2D eigenvalue weighted by Crippen LogP contribution is 2.23. The Hall–Kier alpha value is -0.580. The normalized spacial score (nSPS) is 22.2. The molecule has 2 rings (SSSR count). The van der Waals surface area contributed by atoms with Crippen LogP contribution in [-0.4, -0.2) is 30.9 Å². The van der Waals surface area contributed by atoms with E-state index in [0.29, 0.717) is 6.04 Å². The molecule has 1 aromatic heterocycles. The van der Waals surface area contributed by atoms with E-state index in [1.54, 1.807) is 11.8 Å². The average Bonchev–Trinajstić information content (AvgIpc) is 2.30. The predicted octanol–water partition coefficient (Wildman–Crippen LogP) is 1.04. The lowest BCUT2D eigenvalue weighted by molar-refractivity contribution is 0.424. The van der Waals surface area contributed by atoms with E-state index in [9.17, 15) is 0 Å². The molecule has 0 aliphatic carbocycles. The third-order valence-corrected chi connectivity index (χ3v) is 3.14. The van der Waals surface area contributed by atoms with E-state index < -0.39 is 0 Å². The maximum Gasteiger partial charge on any atom is 0.100 e. The predicted molar refractivity (Wildman–Crippen MR) is 59.6 cm³/mol. The molecule has 0 bridgehead atoms. The fourth-order valence-electron chi connectivity index (χ4n) is 1.71. The molecule has 1 fully saturated rings. The molecule has 0 aromatic carbocycles. The number of pyridine rings is 1. The van der Waals surface area contributed by atoms with Crippen LogP contribution in [0.1, 0.15) is 11.6 Å². The summed E-state index contributed by atoms with van der Waals surface area (Å²) in [4.78, 5) is 4.37. The Morgan fingerprint density at radius 1 is 1.50 bits per heavy atom. The van der Waals surface area contributed by atoms with E-state index >= 15 is 0 Å². The third-order valence-electron chi connectivity index (χ3n) is 2.41. The van der Waals surface area contributed by atoms with Crippen LogP contribution in [0.5, 0.6) is 0 Å². The van der Waals surface area contributed by atoms with Crippen LogP contribution in [0.4, 0.5) is 0 Å². The third kappa shape index (κ3) is 2.08. The van der Waals surface area contributed by atoms with Gasteiger partial charge in [0.1, 0.15) is 5.03 Å². The molecule has 1 unspecified atom stereocenters. The van der Waals surface area contributed by atoms with E-state index in [0.717, 1.165) is 24.7 Å². The number of nitrogens with one attached hydrogen (secondary N) is 2. The second kappa shape index (κ2) is 4.77. The van der Waals surface area contributed by atoms with Crippen LogP contribution >= 0.6 is 11.8 Å². The molecule has 14 heavy (non-hydrogen) atoms. The minimum atomic E-state index is 0.417. The second-order valence-electron chi connectivity index (χ2n) is 3.31. The highest BCUT2D eigenvalue weighted by atomic mass is 32.2. The van der Waals surface area contributed by atoms with Gasteiger partial charge in [-0.1, -0.05) is 6.07 Å². The van der Waals surface area contributed by atoms with Gasteiger partial charge in [0.05, 0.1) is 0 Å². The first kappa shape index (κ1) is 9.96. The van der Waals surface area contributed by atoms with E-state index in [1.165, 1.54) is 5.56 Å². The van der Waals surface area contributed by atoms with Crippen LogP contribution in [0.25, 0.3) is 0 Å². The van der Waals surface area contributed by atoms with Crippen LogP contribution in [0.3, 0.4) is 0 Å². The van der Waals surface area contributed by atoms with Crippen molar-refractivity contribution in [2.75, 3.05) is 25.9 Å². The van der Waals surface area contributed by atoms with Crippen molar-refractivity contribution in [3.63, 3.8) is 0 Å². The molecule has 0 amide bonds. The van der Waals surface area contributed by atoms with Gasteiger partial charge in [-0.15, -0.1) is 11.8 Å². The van der Waals surface area contributed by atoms with Gasteiger partial charge in [-0.25, -0.2) is 4.98 Å². The van der Waals surface area contributed by atoms with E-state index in [1.807, 2.05) is 12.3 Å². The van der Waals surface area contributed by atoms with E-state index in [4.69, 9.17) is 0 Å². The van der Waals surface area contributed by atoms with Crippen molar-refractivity contribution >= 4 is 11.8 Å². The smallest absolute Gasteiger partial charge is 0.100 e. The molecule has 0 saturated carbocycles. The number of hydrogen-bond donors (Lipinski definition) is 2. The van der Waals surface area contributed by atoms with Crippen LogP contribution < -0.4 is 10.6 Å². The molecule has 3 nitrogen and oxygen atoms in total. The summed E-state index contributed by atoms with van der Waals surface area (Å²) in [6, 6.07) is 4.58. The zero-order chi connectivity index (χ0) is 9.80. The standard InChI is InChI=1S/C10H15N3S/c1-14-10-8(3-2-4-13-10)9-7-11-5-6-12-9/h2-4,9,11-12H,5-7H2,1H3. The Labute approximate surface area is 88.7 Å². The van der Waals surface area contributed by atoms with Gasteiger partial charge in [-0.05, 0) is 12.3 Å². The number of aromatic nitrogens is 1. The Morgan fingerprint density at radius 2 is 2.43 bits per heavy atom. The first-order valence-corrected chi connectivity index (χ1v) is 6.07. The van der Waals surface area contributed by atoms with Gasteiger partial charge < -0.3 is 10.6 Å². The van der Waals surface area contributed by atoms with Gasteiger partial charge in [0.15, 0.2) is 0 Å². The molecule has 1 aliphatic heterocycles. The molecule has 1 saturated heterocycles. The molecule has 2 N–H and O–H groups in total. The largest absolute Gasteiger partial charge is 0.314 e. The maximum atomic E-state index is 4.37. The molecule has 1 atom stereocenters. The van der Waals surface area contributed by atoms with Crippen molar-refractivity contribution in [3.05, 3.63) is 23.9 Å². The summed E-state index contributed by atoms with van der Waals surface area (Å²) in [7, 11) is 0. The van der Waals surface area contributed by atoms with Crippen LogP contribution in [0, 0.1) is 0 Å². The lowest BCUT2D eigenvalue weighted by Gasteiger charge is -2.25. The number of thioether (sulfide) groups is 1. The van der Waals surface area contributed by atoms with Crippen LogP contribution in [-0.2, 0) is 0 Å². The first-order valence-electron chi connectivity index (χ1n) is 4.85. The van der Waals surface area contributed by atoms with Gasteiger partial charge in [-0.2, -0.15) is 0 Å². The van der Waals surface area contributed by atoms with Gasteiger partial charge in [0.2, 0.25) is 0 Å². The summed E-state index contributed by atoms with van der Waals surface area (Å²) in [6.07, 6.45) is 3.92. The highest BCUT2D eigenvalue weighted by Gasteiger charge is 2.17. The molecule has 0 spiro atoms. The zero-order valence-corrected chi connectivity index (χ0v) is 9.10. The summed E-state index contributed by atoms with van der Waals surface area (Å²) >= 11 is 1.71. The maximum absolute atomic E-state index is 4.37. The summed E-state index contributed by atoms with van der Waals surface area (Å²) in [6.45, 7) is 3.10. The molecule has 1 aromatic rings. The molecule has 1 aliphatic rings. The number of nitrogens with zero attached hydrogens (tertiary/aromatic N) is 1. The quantitative estimate of drug-likeness (QED) is 0.714. The van der Waals surface area contributed by atoms with Crippen LogP contribution in [0.15, 0.2) is 23.4 Å². The van der Waals surface area contributed by atoms with Gasteiger partial charge in [-0.3, -0.25) is 0 Å². The van der Waals surface area contributed by atoms with Crippen molar-refractivity contribution in [2.24, 2.45) is 0 Å². The van der Waals surface area contributed by atoms with E-state index in [-0.39, 0.29) is 0 Å². The summed E-state index contributed by atoms with van der Waals surface area (Å²) in [5.41, 5.74) is 1.31. The summed E-state index contributed by atoms with van der Waals surface area (Å²) < 4.78 is 0. The second-order valence-corrected chi connectivity index (χ2v) is 4.11. The SMILES string of the molecule is CSc1ncccc1C1CNCCN1. The molecular formula is C10H15N3S. The topological polar surface area (TPSA) is 37.0 Å². The lowest BCUT2D eigenvalue weighted by Crippen LogP contribution is -2.42. The molecular weight excluding hydrogens is 194 g/mol. The van der Waals surface area contributed by atoms with E-state index in [2.05, 4.69) is 27.9 Å². The fourth-order valence-corrected chi connectivity index (χ4v) is 2.32. The van der Waals surface area contributed by atoms with Crippen molar-refractivity contribution in [2.45, 2.75) is 11.1 Å². The molecule has 0 radical (unpaired) electrons. The monoisotopic (exact) mass is 209 g/mol. The van der Waals surface area contributed by atoms with Gasteiger partial charge >= 0.3 is 0 Å². The Morgan fingerprint density at radius 3 is 3.14 bits per heavy atom. The summed E-state index contributed by atoms with van der Waals surface area (Å²) in [5, 5.41) is 8.01. The van der Waals surface area contributed by atoms with Crippen molar-refractivity contribution in [1.29, 1.82) is 0 Å². The van der Waals surface area contributed by atoms with Crippen molar-refractivity contribution in [1.82, 2.24) is 15.6 Å². The Balaban J connectivity index is 2.20. The van der Waals surface area contributed by atoms with Crippen molar-refractivity contribution < 1.29 is 0 Å². The molecule has 2 heterocycles. The Kier molecular flexibility index (Phi) is 3.39. The molecule has 4 heteroatoms. The number of rotatable bonds is 2. The minimum Gasteiger partial charge on any atom is -0.314 e. The first-order chi connectivity index (χ1) is 6.92. The fraction of sp³-hybridized carbons (Fsp3) is 0.500. The minimum absolute atomic E-state index is 0.417. The number of hydrogen-bond acceptors (Lipinski definition) is 4.